The number of hydrogen-bond acceptors (Lipinski definition) is 8. The van der Waals surface area contributed by atoms with Crippen LogP contribution in [0.1, 0.15) is 25.5 Å². The van der Waals surface area contributed by atoms with Crippen LogP contribution in [-0.2, 0) is 17.0 Å². The van der Waals surface area contributed by atoms with Crippen molar-refractivity contribution in [3.63, 3.8) is 0 Å². The fraction of sp³-hybridized carbons (Fsp3) is 0.348. The second kappa shape index (κ2) is 10.2. The molecule has 0 bridgehead atoms. The van der Waals surface area contributed by atoms with Gasteiger partial charge < -0.3 is 9.47 Å². The van der Waals surface area contributed by atoms with Gasteiger partial charge in [0.15, 0.2) is 11.0 Å². The molecular weight excluding hydrogens is 460 g/mol. The first kappa shape index (κ1) is 21.6. The number of thiophene rings is 1. The van der Waals surface area contributed by atoms with Gasteiger partial charge in [0, 0.05) is 23.3 Å². The summed E-state index contributed by atoms with van der Waals surface area (Å²) in [6.45, 7) is 4.29. The van der Waals surface area contributed by atoms with Crippen LogP contribution in [0.4, 0.5) is 0 Å². The lowest BCUT2D eigenvalue weighted by Gasteiger charge is -2.14. The highest BCUT2D eigenvalue weighted by molar-refractivity contribution is 7.98. The molecule has 4 heterocycles. The number of thiazole rings is 1. The van der Waals surface area contributed by atoms with Crippen LogP contribution in [0.5, 0.6) is 5.75 Å². The molecule has 0 aliphatic carbocycles. The highest BCUT2D eigenvalue weighted by atomic mass is 32.2. The van der Waals surface area contributed by atoms with E-state index in [-0.39, 0.29) is 6.10 Å². The molecule has 1 aliphatic heterocycles. The quantitative estimate of drug-likeness (QED) is 0.272. The Morgan fingerprint density at radius 1 is 1.19 bits per heavy atom. The van der Waals surface area contributed by atoms with Gasteiger partial charge in [-0.25, -0.2) is 4.98 Å². The van der Waals surface area contributed by atoms with Crippen LogP contribution in [0.3, 0.4) is 0 Å². The average molecular weight is 485 g/mol. The number of benzene rings is 1. The van der Waals surface area contributed by atoms with Gasteiger partial charge in [-0.05, 0) is 55.5 Å². The zero-order valence-electron chi connectivity index (χ0n) is 17.8. The van der Waals surface area contributed by atoms with Gasteiger partial charge in [0.05, 0.1) is 29.8 Å². The van der Waals surface area contributed by atoms with Crippen molar-refractivity contribution in [2.75, 3.05) is 13.2 Å². The Morgan fingerprint density at radius 2 is 2.09 bits per heavy atom. The maximum Gasteiger partial charge on any atom is 0.191 e. The zero-order chi connectivity index (χ0) is 21.8. The summed E-state index contributed by atoms with van der Waals surface area (Å²) in [7, 11) is 0. The molecular formula is C23H24N4O2S3. The molecule has 6 nitrogen and oxygen atoms in total. The standard InChI is InChI=1S/C23H24N4O2S3/c1-2-28-18-9-7-16(8-10-18)22-24-17(14-31-22)15-32-23-26-25-21(20-6-4-12-30-20)27(23)13-19-5-3-11-29-19/h4,6-10,12,14,19H,2-3,5,11,13,15H2,1H3. The van der Waals surface area contributed by atoms with Crippen molar-refractivity contribution in [2.24, 2.45) is 0 Å². The predicted octanol–water partition coefficient (Wildman–Crippen LogP) is 6.00. The molecule has 1 aliphatic rings. The maximum absolute atomic E-state index is 5.89. The van der Waals surface area contributed by atoms with Gasteiger partial charge in [0.25, 0.3) is 0 Å². The predicted molar refractivity (Wildman–Crippen MR) is 131 cm³/mol. The second-order valence-corrected chi connectivity index (χ2v) is 10.2. The molecule has 1 atom stereocenters. The molecule has 1 saturated heterocycles. The second-order valence-electron chi connectivity index (χ2n) is 7.42. The van der Waals surface area contributed by atoms with Crippen molar-refractivity contribution in [1.82, 2.24) is 19.7 Å². The van der Waals surface area contributed by atoms with Crippen LogP contribution in [0, 0.1) is 0 Å². The number of ether oxygens (including phenoxy) is 2. The SMILES string of the molecule is CCOc1ccc(-c2nc(CSc3nnc(-c4cccs4)n3CC3CCCO3)cs2)cc1. The Bertz CT molecular complexity index is 1130. The molecule has 4 aromatic rings. The van der Waals surface area contributed by atoms with E-state index in [4.69, 9.17) is 14.5 Å². The summed E-state index contributed by atoms with van der Waals surface area (Å²) in [4.78, 5) is 5.97. The van der Waals surface area contributed by atoms with Gasteiger partial charge in [-0.15, -0.1) is 32.9 Å². The van der Waals surface area contributed by atoms with Crippen molar-refractivity contribution in [3.8, 4) is 27.0 Å². The zero-order valence-corrected chi connectivity index (χ0v) is 20.2. The number of aromatic nitrogens is 4. The molecule has 1 unspecified atom stereocenters. The number of thioether (sulfide) groups is 1. The van der Waals surface area contributed by atoms with Crippen LogP contribution in [0.2, 0.25) is 0 Å². The van der Waals surface area contributed by atoms with Gasteiger partial charge in [-0.3, -0.25) is 4.57 Å². The van der Waals surface area contributed by atoms with Gasteiger partial charge in [-0.2, -0.15) is 0 Å². The van der Waals surface area contributed by atoms with E-state index in [2.05, 4.69) is 49.8 Å². The van der Waals surface area contributed by atoms with E-state index in [0.29, 0.717) is 6.61 Å². The minimum Gasteiger partial charge on any atom is -0.494 e. The Morgan fingerprint density at radius 3 is 2.84 bits per heavy atom. The Labute approximate surface area is 199 Å². The first-order valence-electron chi connectivity index (χ1n) is 10.7. The summed E-state index contributed by atoms with van der Waals surface area (Å²) in [6, 6.07) is 12.3. The Kier molecular flexibility index (Phi) is 6.87. The van der Waals surface area contributed by atoms with E-state index >= 15 is 0 Å². The largest absolute Gasteiger partial charge is 0.494 e. The van der Waals surface area contributed by atoms with E-state index in [1.807, 2.05) is 19.1 Å². The number of rotatable bonds is 9. The van der Waals surface area contributed by atoms with E-state index in [9.17, 15) is 0 Å². The highest BCUT2D eigenvalue weighted by Gasteiger charge is 2.22. The summed E-state index contributed by atoms with van der Waals surface area (Å²) in [5.41, 5.74) is 2.16. The van der Waals surface area contributed by atoms with Gasteiger partial charge in [-0.1, -0.05) is 17.8 Å². The maximum atomic E-state index is 5.89. The summed E-state index contributed by atoms with van der Waals surface area (Å²) >= 11 is 5.03. The molecule has 0 radical (unpaired) electrons. The molecule has 0 saturated carbocycles. The molecule has 5 rings (SSSR count). The van der Waals surface area contributed by atoms with Crippen LogP contribution >= 0.6 is 34.4 Å². The fourth-order valence-corrected chi connectivity index (χ4v) is 6.13. The molecule has 32 heavy (non-hydrogen) atoms. The number of nitrogens with zero attached hydrogens (tertiary/aromatic N) is 4. The van der Waals surface area contributed by atoms with Gasteiger partial charge >= 0.3 is 0 Å². The van der Waals surface area contributed by atoms with E-state index in [1.54, 1.807) is 34.4 Å². The van der Waals surface area contributed by atoms with Crippen molar-refractivity contribution in [2.45, 2.75) is 43.3 Å². The molecule has 0 N–H and O–H groups in total. The molecule has 1 fully saturated rings. The number of hydrogen-bond donors (Lipinski definition) is 0. The van der Waals surface area contributed by atoms with E-state index in [0.717, 1.165) is 69.6 Å². The average Bonchev–Trinajstić information content (AvgIpc) is 3.61. The summed E-state index contributed by atoms with van der Waals surface area (Å²) in [5, 5.41) is 15.1. The molecule has 3 aromatic heterocycles. The third-order valence-electron chi connectivity index (χ3n) is 5.18. The summed E-state index contributed by atoms with van der Waals surface area (Å²) in [5.74, 6) is 2.56. The normalized spacial score (nSPS) is 16.0. The van der Waals surface area contributed by atoms with Crippen LogP contribution in [0.15, 0.2) is 52.3 Å². The summed E-state index contributed by atoms with van der Waals surface area (Å²) in [6.07, 6.45) is 2.44. The fourth-order valence-electron chi connectivity index (χ4n) is 3.64. The third kappa shape index (κ3) is 4.91. The minimum absolute atomic E-state index is 0.231. The molecule has 166 valence electrons. The van der Waals surface area contributed by atoms with Crippen LogP contribution in [-0.4, -0.2) is 39.1 Å². The smallest absolute Gasteiger partial charge is 0.191 e. The van der Waals surface area contributed by atoms with Crippen LogP contribution in [0.25, 0.3) is 21.3 Å². The van der Waals surface area contributed by atoms with Crippen molar-refractivity contribution < 1.29 is 9.47 Å². The first-order valence-corrected chi connectivity index (χ1v) is 13.4. The molecule has 9 heteroatoms. The Balaban J connectivity index is 1.30. The van der Waals surface area contributed by atoms with Crippen molar-refractivity contribution >= 4 is 34.4 Å². The van der Waals surface area contributed by atoms with Crippen molar-refractivity contribution in [1.29, 1.82) is 0 Å². The van der Waals surface area contributed by atoms with E-state index < -0.39 is 0 Å². The lowest BCUT2D eigenvalue weighted by atomic mass is 10.2. The summed E-state index contributed by atoms with van der Waals surface area (Å²) < 4.78 is 13.6. The van der Waals surface area contributed by atoms with Crippen LogP contribution < -0.4 is 4.74 Å². The van der Waals surface area contributed by atoms with Gasteiger partial charge in [0.1, 0.15) is 10.8 Å². The lowest BCUT2D eigenvalue weighted by molar-refractivity contribution is 0.0953. The first-order chi connectivity index (χ1) is 15.8. The van der Waals surface area contributed by atoms with Gasteiger partial charge in [0.2, 0.25) is 0 Å². The molecule has 1 aromatic carbocycles. The topological polar surface area (TPSA) is 62.1 Å². The van der Waals surface area contributed by atoms with Crippen molar-refractivity contribution in [3.05, 3.63) is 52.9 Å². The van der Waals surface area contributed by atoms with E-state index in [1.165, 1.54) is 0 Å². The highest BCUT2D eigenvalue weighted by Crippen LogP contribution is 2.32. The molecule has 0 spiro atoms. The lowest BCUT2D eigenvalue weighted by Crippen LogP contribution is -2.16. The Hall–Kier alpha value is -2.20. The monoisotopic (exact) mass is 484 g/mol. The molecule has 0 amide bonds. The minimum atomic E-state index is 0.231. The third-order valence-corrected chi connectivity index (χ3v) is 7.99.